The number of nitrogens with zero attached hydrogens (tertiary/aromatic N) is 1. The monoisotopic (exact) mass is 431 g/mol. The van der Waals surface area contributed by atoms with Gasteiger partial charge in [0.2, 0.25) is 5.91 Å². The Kier molecular flexibility index (Phi) is 8.14. The molecule has 3 rings (SSSR count). The van der Waals surface area contributed by atoms with Gasteiger partial charge in [-0.2, -0.15) is 0 Å². The molecule has 1 saturated heterocycles. The molecule has 170 valence electrons. The Labute approximate surface area is 183 Å². The number of amides is 4. The maximum Gasteiger partial charge on any atom is 0.324 e. The molecule has 8 heteroatoms. The van der Waals surface area contributed by atoms with Crippen molar-refractivity contribution in [2.75, 3.05) is 20.8 Å². The molecule has 0 spiro atoms. The first kappa shape index (κ1) is 22.9. The Morgan fingerprint density at radius 1 is 1.06 bits per heavy atom. The maximum atomic E-state index is 12.7. The van der Waals surface area contributed by atoms with Crippen LogP contribution >= 0.6 is 0 Å². The van der Waals surface area contributed by atoms with Gasteiger partial charge in [-0.1, -0.05) is 38.2 Å². The van der Waals surface area contributed by atoms with Crippen molar-refractivity contribution < 1.29 is 23.9 Å². The summed E-state index contributed by atoms with van der Waals surface area (Å²) in [5.74, 6) is 0.696. The third-order valence-corrected chi connectivity index (χ3v) is 6.04. The van der Waals surface area contributed by atoms with E-state index in [9.17, 15) is 14.4 Å². The molecule has 1 aromatic rings. The number of hydrogen-bond acceptors (Lipinski definition) is 5. The van der Waals surface area contributed by atoms with E-state index in [1.54, 1.807) is 20.3 Å². The minimum atomic E-state index is -0.800. The van der Waals surface area contributed by atoms with Gasteiger partial charge in [0.25, 0.3) is 5.91 Å². The lowest BCUT2D eigenvalue weighted by atomic mass is 9.96. The quantitative estimate of drug-likeness (QED) is 0.617. The van der Waals surface area contributed by atoms with Crippen LogP contribution in [0.5, 0.6) is 11.5 Å². The first-order chi connectivity index (χ1) is 15.0. The zero-order valence-corrected chi connectivity index (χ0v) is 18.4. The molecular formula is C23H33N3O5. The summed E-state index contributed by atoms with van der Waals surface area (Å²) in [6, 6.07) is 4.42. The number of benzene rings is 1. The average molecular weight is 432 g/mol. The third kappa shape index (κ3) is 6.12. The normalized spacial score (nSPS) is 20.1. The summed E-state index contributed by atoms with van der Waals surface area (Å²) in [5, 5.41) is 5.71. The van der Waals surface area contributed by atoms with Gasteiger partial charge >= 0.3 is 6.03 Å². The number of methoxy groups -OCH3 is 2. The summed E-state index contributed by atoms with van der Waals surface area (Å²) >= 11 is 0. The highest BCUT2D eigenvalue weighted by Gasteiger charge is 2.38. The molecule has 2 aliphatic rings. The zero-order chi connectivity index (χ0) is 22.2. The van der Waals surface area contributed by atoms with Crippen LogP contribution in [-0.2, 0) is 16.0 Å². The van der Waals surface area contributed by atoms with Crippen LogP contribution in [0.15, 0.2) is 18.2 Å². The minimum Gasteiger partial charge on any atom is -0.493 e. The lowest BCUT2D eigenvalue weighted by Crippen LogP contribution is -2.41. The van der Waals surface area contributed by atoms with Crippen LogP contribution in [-0.4, -0.2) is 55.6 Å². The fourth-order valence-corrected chi connectivity index (χ4v) is 4.28. The van der Waals surface area contributed by atoms with Crippen LogP contribution in [0, 0.1) is 0 Å². The third-order valence-electron chi connectivity index (χ3n) is 6.04. The van der Waals surface area contributed by atoms with E-state index < -0.39 is 12.1 Å². The fraction of sp³-hybridized carbons (Fsp3) is 0.609. The summed E-state index contributed by atoms with van der Waals surface area (Å²) in [5.41, 5.74) is 0.920. The Hall–Kier alpha value is -2.77. The molecule has 1 heterocycles. The molecule has 0 bridgehead atoms. The lowest BCUT2D eigenvalue weighted by Gasteiger charge is -2.21. The van der Waals surface area contributed by atoms with Crippen LogP contribution in [0.1, 0.15) is 56.9 Å². The number of hydrogen-bond donors (Lipinski definition) is 2. The van der Waals surface area contributed by atoms with Crippen molar-refractivity contribution >= 4 is 17.8 Å². The van der Waals surface area contributed by atoms with Gasteiger partial charge < -0.3 is 20.1 Å². The highest BCUT2D eigenvalue weighted by atomic mass is 16.5. The van der Waals surface area contributed by atoms with E-state index in [4.69, 9.17) is 9.47 Å². The number of carbonyl (C=O) groups excluding carboxylic acids is 3. The Morgan fingerprint density at radius 3 is 2.42 bits per heavy atom. The van der Waals surface area contributed by atoms with E-state index in [1.165, 1.54) is 24.2 Å². The largest absolute Gasteiger partial charge is 0.493 e. The molecule has 8 nitrogen and oxygen atoms in total. The summed E-state index contributed by atoms with van der Waals surface area (Å²) in [6.45, 7) is 0.237. The number of imide groups is 1. The van der Waals surface area contributed by atoms with E-state index >= 15 is 0 Å². The highest BCUT2D eigenvalue weighted by Crippen LogP contribution is 2.28. The van der Waals surface area contributed by atoms with Crippen molar-refractivity contribution in [2.24, 2.45) is 0 Å². The highest BCUT2D eigenvalue weighted by molar-refractivity contribution is 6.05. The van der Waals surface area contributed by atoms with Crippen LogP contribution < -0.4 is 20.1 Å². The summed E-state index contributed by atoms with van der Waals surface area (Å²) < 4.78 is 10.5. The van der Waals surface area contributed by atoms with Crippen molar-refractivity contribution in [3.8, 4) is 11.5 Å². The fourth-order valence-electron chi connectivity index (χ4n) is 4.28. The minimum absolute atomic E-state index is 0.0199. The standard InChI is InChI=1S/C23H33N3O5/c1-30-19-11-10-16(14-20(19)31-2)12-13-26-22(28)18(25-23(26)29)15-21(27)24-17-8-6-4-3-5-7-9-17/h10-11,14,17-18H,3-9,12-13,15H2,1-2H3,(H,24,27)(H,25,29)/t18-/m0/s1. The molecule has 1 atom stereocenters. The smallest absolute Gasteiger partial charge is 0.324 e. The molecule has 1 saturated carbocycles. The molecule has 4 amide bonds. The maximum absolute atomic E-state index is 12.7. The van der Waals surface area contributed by atoms with Crippen molar-refractivity contribution in [2.45, 2.75) is 69.9 Å². The Morgan fingerprint density at radius 2 is 1.74 bits per heavy atom. The van der Waals surface area contributed by atoms with Crippen molar-refractivity contribution in [3.05, 3.63) is 23.8 Å². The van der Waals surface area contributed by atoms with Gasteiger partial charge in [-0.25, -0.2) is 4.79 Å². The van der Waals surface area contributed by atoms with Crippen molar-refractivity contribution in [3.63, 3.8) is 0 Å². The molecule has 0 aromatic heterocycles. The van der Waals surface area contributed by atoms with Gasteiger partial charge in [0, 0.05) is 12.6 Å². The second kappa shape index (κ2) is 11.0. The van der Waals surface area contributed by atoms with Crippen LogP contribution in [0.25, 0.3) is 0 Å². The average Bonchev–Trinajstić information content (AvgIpc) is 3.00. The number of nitrogens with one attached hydrogen (secondary N) is 2. The molecule has 2 N–H and O–H groups in total. The molecule has 1 aromatic carbocycles. The van der Waals surface area contributed by atoms with Crippen LogP contribution in [0.2, 0.25) is 0 Å². The van der Waals surface area contributed by atoms with E-state index in [0.717, 1.165) is 31.2 Å². The SMILES string of the molecule is COc1ccc(CCN2C(=O)N[C@@H](CC(=O)NC3CCCCCCC3)C2=O)cc1OC. The Balaban J connectivity index is 1.51. The van der Waals surface area contributed by atoms with Crippen molar-refractivity contribution in [1.29, 1.82) is 0 Å². The molecule has 0 radical (unpaired) electrons. The summed E-state index contributed by atoms with van der Waals surface area (Å²) in [4.78, 5) is 38.7. The molecule has 0 unspecified atom stereocenters. The lowest BCUT2D eigenvalue weighted by molar-refractivity contribution is -0.131. The second-order valence-electron chi connectivity index (χ2n) is 8.24. The second-order valence-corrected chi connectivity index (χ2v) is 8.24. The first-order valence-corrected chi connectivity index (χ1v) is 11.1. The van der Waals surface area contributed by atoms with Crippen LogP contribution in [0.3, 0.4) is 0 Å². The zero-order valence-electron chi connectivity index (χ0n) is 18.4. The van der Waals surface area contributed by atoms with E-state index in [0.29, 0.717) is 17.9 Å². The van der Waals surface area contributed by atoms with Gasteiger partial charge in [0.15, 0.2) is 11.5 Å². The number of carbonyl (C=O) groups is 3. The topological polar surface area (TPSA) is 97.0 Å². The summed E-state index contributed by atoms with van der Waals surface area (Å²) in [7, 11) is 3.13. The van der Waals surface area contributed by atoms with E-state index in [1.807, 2.05) is 12.1 Å². The van der Waals surface area contributed by atoms with Crippen molar-refractivity contribution in [1.82, 2.24) is 15.5 Å². The van der Waals surface area contributed by atoms with Gasteiger partial charge in [0.1, 0.15) is 6.04 Å². The number of urea groups is 1. The first-order valence-electron chi connectivity index (χ1n) is 11.1. The Bertz CT molecular complexity index is 789. The molecule has 31 heavy (non-hydrogen) atoms. The molecule has 1 aliphatic carbocycles. The number of rotatable bonds is 8. The van der Waals surface area contributed by atoms with E-state index in [2.05, 4.69) is 10.6 Å². The van der Waals surface area contributed by atoms with Gasteiger partial charge in [-0.05, 0) is 37.0 Å². The van der Waals surface area contributed by atoms with Gasteiger partial charge in [-0.15, -0.1) is 0 Å². The predicted octanol–water partition coefficient (Wildman–Crippen LogP) is 2.79. The predicted molar refractivity (Wildman–Crippen MR) is 116 cm³/mol. The molecule has 1 aliphatic heterocycles. The molecule has 2 fully saturated rings. The van der Waals surface area contributed by atoms with Gasteiger partial charge in [0.05, 0.1) is 20.6 Å². The van der Waals surface area contributed by atoms with Gasteiger partial charge in [-0.3, -0.25) is 14.5 Å². The van der Waals surface area contributed by atoms with E-state index in [-0.39, 0.29) is 30.8 Å². The van der Waals surface area contributed by atoms with Crippen LogP contribution in [0.4, 0.5) is 4.79 Å². The molecular weight excluding hydrogens is 398 g/mol. The number of ether oxygens (including phenoxy) is 2. The summed E-state index contributed by atoms with van der Waals surface area (Å²) in [6.07, 6.45) is 8.35.